The Kier molecular flexibility index (Phi) is 8.56. The molecule has 1 aromatic heterocycles. The van der Waals surface area contributed by atoms with Gasteiger partial charge >= 0.3 is 0 Å². The van der Waals surface area contributed by atoms with Gasteiger partial charge in [0, 0.05) is 44.3 Å². The zero-order valence-electron chi connectivity index (χ0n) is 22.4. The smallest absolute Gasteiger partial charge is 0.263 e. The first-order valence-electron chi connectivity index (χ1n) is 13.7. The van der Waals surface area contributed by atoms with Crippen LogP contribution in [0.5, 0.6) is 5.75 Å². The molecule has 7 rings (SSSR count). The second-order valence-electron chi connectivity index (χ2n) is 10.9. The Morgan fingerprint density at radius 1 is 0.805 bits per heavy atom. The van der Waals surface area contributed by atoms with Crippen LogP contribution in [0.25, 0.3) is 10.9 Å². The van der Waals surface area contributed by atoms with Crippen LogP contribution in [0.1, 0.15) is 40.1 Å². The van der Waals surface area contributed by atoms with Crippen molar-refractivity contribution in [1.82, 2.24) is 14.8 Å². The van der Waals surface area contributed by atoms with Crippen molar-refractivity contribution in [2.75, 3.05) is 39.3 Å². The van der Waals surface area contributed by atoms with Crippen molar-refractivity contribution in [2.24, 2.45) is 0 Å². The molecule has 0 radical (unpaired) electrons. The minimum atomic E-state index is -2.70. The molecule has 1 saturated carbocycles. The maximum atomic E-state index is 15.0. The molecule has 3 aliphatic rings. The van der Waals surface area contributed by atoms with Gasteiger partial charge in [0.15, 0.2) is 0 Å². The second kappa shape index (κ2) is 11.8. The van der Waals surface area contributed by atoms with Gasteiger partial charge in [-0.2, -0.15) is 0 Å². The Labute approximate surface area is 251 Å². The summed E-state index contributed by atoms with van der Waals surface area (Å²) in [4.78, 5) is 9.04. The predicted molar refractivity (Wildman–Crippen MR) is 161 cm³/mol. The van der Waals surface area contributed by atoms with Crippen molar-refractivity contribution in [2.45, 2.75) is 29.9 Å². The second-order valence-corrected chi connectivity index (χ2v) is 10.9. The molecule has 2 fully saturated rings. The Morgan fingerprint density at radius 3 is 2.05 bits per heavy atom. The third-order valence-corrected chi connectivity index (χ3v) is 8.58. The molecular formula is C32H33Cl2F2N3O2. The highest BCUT2D eigenvalue weighted by molar-refractivity contribution is 5.86. The summed E-state index contributed by atoms with van der Waals surface area (Å²) in [6.45, 7) is 3.89. The number of halogens is 4. The monoisotopic (exact) mass is 599 g/mol. The molecule has 9 heteroatoms. The summed E-state index contributed by atoms with van der Waals surface area (Å²) in [6, 6.07) is 25.1. The van der Waals surface area contributed by atoms with Crippen LogP contribution in [0.3, 0.4) is 0 Å². The van der Waals surface area contributed by atoms with Crippen LogP contribution in [0.4, 0.5) is 8.78 Å². The van der Waals surface area contributed by atoms with E-state index < -0.39 is 23.9 Å². The molecule has 4 aromatic rings. The summed E-state index contributed by atoms with van der Waals surface area (Å²) >= 11 is 0. The van der Waals surface area contributed by atoms with Gasteiger partial charge in [0.25, 0.3) is 5.92 Å². The highest BCUT2D eigenvalue weighted by Crippen LogP contribution is 2.70. The number of rotatable bonds is 6. The SMILES string of the molecule is Cl.Cl.O[C@@H](COc1cccc2ncccc12)CN1CCN(C2c3ccccc3[C@@H]3[C@H](c4ccccc42)C3(F)F)CC1. The molecule has 1 aliphatic heterocycles. The van der Waals surface area contributed by atoms with E-state index in [9.17, 15) is 13.9 Å². The number of nitrogens with zero attached hydrogens (tertiary/aromatic N) is 3. The summed E-state index contributed by atoms with van der Waals surface area (Å²) in [6.07, 6.45) is 1.13. The maximum Gasteiger partial charge on any atom is 0.263 e. The molecule has 2 aliphatic carbocycles. The molecule has 1 unspecified atom stereocenters. The molecule has 216 valence electrons. The van der Waals surface area contributed by atoms with Crippen LogP contribution in [-0.2, 0) is 0 Å². The van der Waals surface area contributed by atoms with Gasteiger partial charge in [-0.25, -0.2) is 8.78 Å². The lowest BCUT2D eigenvalue weighted by atomic mass is 9.90. The van der Waals surface area contributed by atoms with E-state index in [-0.39, 0.29) is 37.5 Å². The molecule has 3 aromatic carbocycles. The minimum Gasteiger partial charge on any atom is -0.490 e. The molecule has 0 spiro atoms. The number of β-amino-alcohol motifs (C(OH)–C–C–N with tert-alkyl or cyclic N) is 1. The summed E-state index contributed by atoms with van der Waals surface area (Å²) in [5.41, 5.74) is 4.44. The van der Waals surface area contributed by atoms with Crippen molar-refractivity contribution >= 4 is 35.7 Å². The van der Waals surface area contributed by atoms with Crippen LogP contribution < -0.4 is 4.74 Å². The van der Waals surface area contributed by atoms with Crippen LogP contribution in [-0.4, -0.2) is 71.2 Å². The van der Waals surface area contributed by atoms with Crippen molar-refractivity contribution < 1.29 is 18.6 Å². The van der Waals surface area contributed by atoms with Gasteiger partial charge in [0.05, 0.1) is 23.4 Å². The first kappa shape index (κ1) is 29.7. The van der Waals surface area contributed by atoms with Gasteiger partial charge in [-0.3, -0.25) is 14.8 Å². The third kappa shape index (κ3) is 5.30. The zero-order valence-corrected chi connectivity index (χ0v) is 24.0. The third-order valence-electron chi connectivity index (χ3n) is 8.58. The van der Waals surface area contributed by atoms with Gasteiger partial charge < -0.3 is 9.84 Å². The number of aromatic nitrogens is 1. The number of hydrogen-bond donors (Lipinski definition) is 1. The van der Waals surface area contributed by atoms with Crippen molar-refractivity contribution in [1.29, 1.82) is 0 Å². The fraction of sp³-hybridized carbons (Fsp3) is 0.344. The lowest BCUT2D eigenvalue weighted by molar-refractivity contribution is 0.0400. The maximum absolute atomic E-state index is 15.0. The highest BCUT2D eigenvalue weighted by Gasteiger charge is 2.71. The van der Waals surface area contributed by atoms with Gasteiger partial charge in [0.2, 0.25) is 0 Å². The largest absolute Gasteiger partial charge is 0.490 e. The van der Waals surface area contributed by atoms with Crippen LogP contribution in [0.15, 0.2) is 85.1 Å². The van der Waals surface area contributed by atoms with Crippen molar-refractivity contribution in [3.63, 3.8) is 0 Å². The number of alkyl halides is 2. The van der Waals surface area contributed by atoms with Gasteiger partial charge in [0.1, 0.15) is 18.5 Å². The van der Waals surface area contributed by atoms with Crippen LogP contribution in [0.2, 0.25) is 0 Å². The Bertz CT molecular complexity index is 1450. The van der Waals surface area contributed by atoms with E-state index in [1.54, 1.807) is 6.20 Å². The summed E-state index contributed by atoms with van der Waals surface area (Å²) in [5.74, 6) is -3.46. The number of piperazine rings is 1. The lowest BCUT2D eigenvalue weighted by Gasteiger charge is -2.41. The topological polar surface area (TPSA) is 48.8 Å². The number of aliphatic hydroxyl groups is 1. The standard InChI is InChI=1S/C32H31F2N3O2.2ClH/c33-32(34)29-22-7-1-3-9-24(22)31(25-10-4-2-8-23(25)30(29)32)37-17-15-36(16-18-37)19-21(38)20-39-28-13-5-12-27-26(28)11-6-14-35-27;;/h1-14,21,29-31,38H,15-20H2;2*1H/t21-,29-,30+,31?;;/m1../s1. The van der Waals surface area contributed by atoms with E-state index in [2.05, 4.69) is 14.8 Å². The molecule has 5 nitrogen and oxygen atoms in total. The Balaban J connectivity index is 0.00000169. The van der Waals surface area contributed by atoms with E-state index in [1.165, 1.54) is 0 Å². The van der Waals surface area contributed by atoms with E-state index >= 15 is 0 Å². The average Bonchev–Trinajstić information content (AvgIpc) is 3.58. The number of fused-ring (bicyclic) bond motifs is 6. The first-order valence-corrected chi connectivity index (χ1v) is 13.7. The van der Waals surface area contributed by atoms with Gasteiger partial charge in [-0.1, -0.05) is 54.6 Å². The van der Waals surface area contributed by atoms with Gasteiger partial charge in [-0.15, -0.1) is 24.8 Å². The van der Waals surface area contributed by atoms with Crippen LogP contribution >= 0.6 is 24.8 Å². The minimum absolute atomic E-state index is 0. The van der Waals surface area contributed by atoms with Crippen molar-refractivity contribution in [3.05, 3.63) is 107 Å². The number of benzene rings is 3. The molecule has 41 heavy (non-hydrogen) atoms. The number of ether oxygens (including phenoxy) is 1. The van der Waals surface area contributed by atoms with Crippen LogP contribution in [0, 0.1) is 0 Å². The van der Waals surface area contributed by atoms with E-state index in [0.29, 0.717) is 6.54 Å². The van der Waals surface area contributed by atoms with Gasteiger partial charge in [-0.05, 0) is 46.5 Å². The molecule has 4 atom stereocenters. The molecule has 0 bridgehead atoms. The van der Waals surface area contributed by atoms with Crippen molar-refractivity contribution in [3.8, 4) is 5.75 Å². The summed E-state index contributed by atoms with van der Waals surface area (Å²) < 4.78 is 35.9. The average molecular weight is 601 g/mol. The zero-order chi connectivity index (χ0) is 26.6. The summed E-state index contributed by atoms with van der Waals surface area (Å²) in [5, 5.41) is 11.7. The summed E-state index contributed by atoms with van der Waals surface area (Å²) in [7, 11) is 0. The fourth-order valence-corrected chi connectivity index (χ4v) is 6.69. The molecular weight excluding hydrogens is 567 g/mol. The number of aliphatic hydroxyl groups excluding tert-OH is 1. The molecule has 0 amide bonds. The quantitative estimate of drug-likeness (QED) is 0.292. The Morgan fingerprint density at radius 2 is 1.41 bits per heavy atom. The van der Waals surface area contributed by atoms with E-state index in [1.807, 2.05) is 78.9 Å². The first-order chi connectivity index (χ1) is 19.0. The fourth-order valence-electron chi connectivity index (χ4n) is 6.69. The number of pyridine rings is 1. The molecule has 1 N–H and O–H groups in total. The number of hydrogen-bond acceptors (Lipinski definition) is 5. The molecule has 1 saturated heterocycles. The lowest BCUT2D eigenvalue weighted by Crippen LogP contribution is -2.50. The Hall–Kier alpha value is -2.81. The predicted octanol–water partition coefficient (Wildman–Crippen LogP) is 6.06. The normalized spacial score (nSPS) is 23.5. The van der Waals surface area contributed by atoms with E-state index in [0.717, 1.165) is 65.1 Å². The molecule has 2 heterocycles. The highest BCUT2D eigenvalue weighted by atomic mass is 35.5. The van der Waals surface area contributed by atoms with E-state index in [4.69, 9.17) is 4.74 Å².